The van der Waals surface area contributed by atoms with Crippen molar-refractivity contribution >= 4 is 86.1 Å². The van der Waals surface area contributed by atoms with Crippen molar-refractivity contribution in [1.82, 2.24) is 9.88 Å². The van der Waals surface area contributed by atoms with E-state index in [0.717, 1.165) is 25.7 Å². The van der Waals surface area contributed by atoms with E-state index in [1.54, 1.807) is 28.4 Å². The van der Waals surface area contributed by atoms with Gasteiger partial charge in [-0.25, -0.2) is 9.78 Å². The number of rotatable bonds is 6. The van der Waals surface area contributed by atoms with Gasteiger partial charge < -0.3 is 14.2 Å². The van der Waals surface area contributed by atoms with Gasteiger partial charge in [0.05, 0.1) is 16.3 Å². The second kappa shape index (κ2) is 15.1. The van der Waals surface area contributed by atoms with Crippen molar-refractivity contribution in [1.29, 1.82) is 0 Å². The molecule has 1 aliphatic heterocycles. The van der Waals surface area contributed by atoms with Crippen LogP contribution in [0.2, 0.25) is 0 Å². The molecule has 8 nitrogen and oxygen atoms in total. The number of carbonyl (C=O) groups is 3. The van der Waals surface area contributed by atoms with E-state index in [-0.39, 0.29) is 11.5 Å². The molecular formula is C30H27Cl3N2O6S2. The Morgan fingerprint density at radius 1 is 0.953 bits per heavy atom. The molecule has 2 heterocycles. The normalized spacial score (nSPS) is 14.3. The average Bonchev–Trinajstić information content (AvgIpc) is 3.38. The van der Waals surface area contributed by atoms with Crippen LogP contribution in [-0.4, -0.2) is 50.6 Å². The maximum atomic E-state index is 13.0. The fourth-order valence-electron chi connectivity index (χ4n) is 4.25. The molecule has 0 spiro atoms. The zero-order valence-electron chi connectivity index (χ0n) is 23.1. The van der Waals surface area contributed by atoms with Crippen LogP contribution >= 0.6 is 57.9 Å². The number of aromatic nitrogens is 1. The van der Waals surface area contributed by atoms with Gasteiger partial charge in [-0.3, -0.25) is 14.5 Å². The summed E-state index contributed by atoms with van der Waals surface area (Å²) in [6.45, 7) is 2.40. The third kappa shape index (κ3) is 9.74. The van der Waals surface area contributed by atoms with Crippen LogP contribution in [-0.2, 0) is 20.7 Å². The Morgan fingerprint density at radius 2 is 1.56 bits per heavy atom. The summed E-state index contributed by atoms with van der Waals surface area (Å²) in [5, 5.41) is 0. The average molecular weight is 682 g/mol. The van der Waals surface area contributed by atoms with E-state index in [9.17, 15) is 14.4 Å². The first-order valence-electron chi connectivity index (χ1n) is 13.0. The molecule has 226 valence electrons. The highest BCUT2D eigenvalue weighted by Crippen LogP contribution is 2.42. The number of para-hydroxylation sites is 1. The van der Waals surface area contributed by atoms with Crippen LogP contribution in [0.3, 0.4) is 0 Å². The lowest BCUT2D eigenvalue weighted by molar-refractivity contribution is -0.134. The van der Waals surface area contributed by atoms with Gasteiger partial charge in [-0.1, -0.05) is 95.1 Å². The largest absolute Gasteiger partial charge is 0.445 e. The maximum absolute atomic E-state index is 13.0. The van der Waals surface area contributed by atoms with Crippen molar-refractivity contribution in [2.75, 3.05) is 18.9 Å². The molecule has 13 heteroatoms. The number of hydrogen-bond donors (Lipinski definition) is 0. The van der Waals surface area contributed by atoms with Crippen molar-refractivity contribution in [2.24, 2.45) is 0 Å². The van der Waals surface area contributed by atoms with Gasteiger partial charge in [0.15, 0.2) is 15.8 Å². The van der Waals surface area contributed by atoms with Crippen LogP contribution in [0.25, 0.3) is 10.2 Å². The summed E-state index contributed by atoms with van der Waals surface area (Å²) in [7, 11) is 0. The van der Waals surface area contributed by atoms with Crippen LogP contribution in [0.1, 0.15) is 31.0 Å². The number of thioether (sulfide) groups is 1. The van der Waals surface area contributed by atoms with E-state index in [2.05, 4.69) is 4.98 Å². The number of halogens is 3. The van der Waals surface area contributed by atoms with Crippen LogP contribution in [0.4, 0.5) is 4.79 Å². The second-order valence-electron chi connectivity index (χ2n) is 9.23. The highest BCUT2D eigenvalue weighted by Gasteiger charge is 2.35. The Labute approximate surface area is 272 Å². The minimum absolute atomic E-state index is 0.0768. The van der Waals surface area contributed by atoms with Crippen molar-refractivity contribution < 1.29 is 28.6 Å². The van der Waals surface area contributed by atoms with Gasteiger partial charge in [-0.15, -0.1) is 11.3 Å². The van der Waals surface area contributed by atoms with Gasteiger partial charge in [0, 0.05) is 26.1 Å². The predicted octanol–water partition coefficient (Wildman–Crippen LogP) is 8.03. The first-order chi connectivity index (χ1) is 20.5. The molecule has 1 aliphatic rings. The molecular weight excluding hydrogens is 655 g/mol. The maximum Gasteiger partial charge on any atom is 0.410 e. The van der Waals surface area contributed by atoms with Crippen LogP contribution in [0.15, 0.2) is 77.1 Å². The Bertz CT molecular complexity index is 1520. The highest BCUT2D eigenvalue weighted by atomic mass is 35.6. The molecule has 1 amide bonds. The van der Waals surface area contributed by atoms with Gasteiger partial charge >= 0.3 is 18.0 Å². The number of hydrogen-bond acceptors (Lipinski definition) is 9. The Kier molecular flexibility index (Phi) is 11.6. The van der Waals surface area contributed by atoms with Crippen molar-refractivity contribution in [3.05, 3.63) is 83.9 Å². The lowest BCUT2D eigenvalue weighted by Gasteiger charge is -2.37. The molecule has 43 heavy (non-hydrogen) atoms. The highest BCUT2D eigenvalue weighted by molar-refractivity contribution is 8.01. The van der Waals surface area contributed by atoms with Crippen molar-refractivity contribution in [3.8, 4) is 11.5 Å². The summed E-state index contributed by atoms with van der Waals surface area (Å²) in [5.74, 6) is -0.506. The van der Waals surface area contributed by atoms with Gasteiger partial charge in [0.25, 0.3) is 0 Å². The number of esters is 2. The predicted molar refractivity (Wildman–Crippen MR) is 171 cm³/mol. The second-order valence-corrected chi connectivity index (χ2v) is 14.0. The Balaban J connectivity index is 0.000000628. The number of nitrogens with zero attached hydrogens (tertiary/aromatic N) is 2. The molecule has 0 saturated heterocycles. The zero-order chi connectivity index (χ0) is 31.0. The van der Waals surface area contributed by atoms with E-state index in [4.69, 9.17) is 49.0 Å². The third-order valence-corrected chi connectivity index (χ3v) is 8.55. The summed E-state index contributed by atoms with van der Waals surface area (Å²) in [6, 6.07) is 22.6. The smallest absolute Gasteiger partial charge is 0.410 e. The van der Waals surface area contributed by atoms with E-state index in [1.807, 2.05) is 60.7 Å². The van der Waals surface area contributed by atoms with E-state index in [0.29, 0.717) is 18.7 Å². The lowest BCUT2D eigenvalue weighted by Crippen LogP contribution is -2.42. The summed E-state index contributed by atoms with van der Waals surface area (Å²) < 4.78 is 16.0. The summed E-state index contributed by atoms with van der Waals surface area (Å²) in [5.41, 5.74) is 2.45. The molecule has 0 fully saturated rings. The first-order valence-corrected chi connectivity index (χ1v) is 16.0. The Hall–Kier alpha value is -3.02. The topological polar surface area (TPSA) is 95.0 Å². The Morgan fingerprint density at radius 3 is 2.14 bits per heavy atom. The van der Waals surface area contributed by atoms with E-state index in [1.165, 1.54) is 25.6 Å². The monoisotopic (exact) mass is 680 g/mol. The first kappa shape index (κ1) is 32.9. The minimum atomic E-state index is -1.75. The molecule has 1 atom stereocenters. The standard InChI is InChI=1S/C24H21Cl3N2O6S2.C6H6/c1-13(30)34-19-9-15-7-8-29(23(32)33-12-24(25,26)27)18(16(15)10-20(19)35-14(2)31)11-36-22-28-17-5-3-4-6-21(17)37-22;1-2-4-6-5-3-1/h3-6,9-10,18H,7-8,11-12H2,1-2H3;1-6H. The molecule has 0 bridgehead atoms. The van der Waals surface area contributed by atoms with Gasteiger partial charge in [0.1, 0.15) is 6.61 Å². The SMILES string of the molecule is CC(=O)Oc1cc2c(cc1OC(C)=O)C(CSc1nc3ccccc3s1)N(C(=O)OCC(Cl)(Cl)Cl)CC2.c1ccccc1. The zero-order valence-corrected chi connectivity index (χ0v) is 27.0. The molecule has 0 N–H and O–H groups in total. The van der Waals surface area contributed by atoms with Crippen LogP contribution in [0, 0.1) is 0 Å². The van der Waals surface area contributed by atoms with Crippen molar-refractivity contribution in [2.45, 2.75) is 34.4 Å². The molecule has 0 aliphatic carbocycles. The summed E-state index contributed by atoms with van der Waals surface area (Å²) in [6.07, 6.45) is -0.209. The number of ether oxygens (including phenoxy) is 3. The molecule has 0 radical (unpaired) electrons. The quantitative estimate of drug-likeness (QED) is 0.0874. The van der Waals surface area contributed by atoms with E-state index < -0.39 is 34.5 Å². The van der Waals surface area contributed by atoms with Gasteiger partial charge in [0.2, 0.25) is 3.79 Å². The summed E-state index contributed by atoms with van der Waals surface area (Å²) in [4.78, 5) is 42.6. The molecule has 3 aromatic carbocycles. The molecule has 4 aromatic rings. The van der Waals surface area contributed by atoms with Gasteiger partial charge in [-0.05, 0) is 41.8 Å². The molecule has 1 aromatic heterocycles. The number of benzene rings is 3. The fraction of sp³-hybridized carbons (Fsp3) is 0.267. The molecule has 1 unspecified atom stereocenters. The van der Waals surface area contributed by atoms with Crippen molar-refractivity contribution in [3.63, 3.8) is 0 Å². The number of thiazole rings is 1. The van der Waals surface area contributed by atoms with Crippen LogP contribution < -0.4 is 9.47 Å². The number of amides is 1. The molecule has 5 rings (SSSR count). The third-order valence-electron chi connectivity index (χ3n) is 5.97. The minimum Gasteiger partial charge on any atom is -0.445 e. The number of fused-ring (bicyclic) bond motifs is 2. The van der Waals surface area contributed by atoms with Gasteiger partial charge in [-0.2, -0.15) is 0 Å². The summed E-state index contributed by atoms with van der Waals surface area (Å²) >= 11 is 20.4. The lowest BCUT2D eigenvalue weighted by atomic mass is 9.93. The van der Waals surface area contributed by atoms with E-state index >= 15 is 0 Å². The molecule has 0 saturated carbocycles. The fourth-order valence-corrected chi connectivity index (χ4v) is 6.64. The number of alkyl halides is 3. The number of carbonyl (C=O) groups excluding carboxylic acids is 3. The van der Waals surface area contributed by atoms with Crippen LogP contribution in [0.5, 0.6) is 11.5 Å².